The molecule has 23 nitrogen and oxygen atoms in total. The van der Waals surface area contributed by atoms with Crippen LogP contribution in [0, 0.1) is 0 Å². The minimum absolute atomic E-state index is 0. The van der Waals surface area contributed by atoms with Crippen LogP contribution >= 0.6 is 0 Å². The Balaban J connectivity index is 0.000000491. The second-order valence-corrected chi connectivity index (χ2v) is 17.6. The van der Waals surface area contributed by atoms with Gasteiger partial charge in [0.15, 0.2) is 0 Å². The van der Waals surface area contributed by atoms with Crippen molar-refractivity contribution in [3.8, 4) is 0 Å². The van der Waals surface area contributed by atoms with Crippen LogP contribution in [0.25, 0.3) is 0 Å². The van der Waals surface area contributed by atoms with E-state index in [1.165, 1.54) is 4.90 Å². The number of aliphatic hydroxyl groups is 5. The molecular formula is C52H81N3O20S. The maximum absolute atomic E-state index is 12.0. The molecule has 0 spiro atoms. The molecular weight excluding hydrogens is 1020 g/mol. The molecule has 5 heterocycles. The van der Waals surface area contributed by atoms with E-state index >= 15 is 0 Å². The number of ether oxygens (including phenoxy) is 8. The molecule has 24 heteroatoms. The van der Waals surface area contributed by atoms with E-state index < -0.39 is 40.9 Å². The summed E-state index contributed by atoms with van der Waals surface area (Å²) in [7, 11) is -3.67. The number of carbonyl (C=O) groups is 3. The SMILES string of the molecule is C.C.CO.O=C(OCc1ccccc1)N1C/C=C\COCC1.O=C(OCc1ccccc1)N1CCOCC2OC2C1.O=C(OCc1ccccc1)N1CCOC[C@@H](O)[C@H](O)C1.O=S(=O)(O)O.O[C@@H]1CCCCOC[C@H]1O. The molecule has 430 valence electrons. The molecule has 3 aromatic carbocycles. The number of hydrogen-bond acceptors (Lipinski definition) is 18. The number of amides is 3. The van der Waals surface area contributed by atoms with Gasteiger partial charge in [-0.3, -0.25) is 9.11 Å². The Bertz CT molecular complexity index is 2100. The van der Waals surface area contributed by atoms with Gasteiger partial charge >= 0.3 is 28.7 Å². The highest BCUT2D eigenvalue weighted by molar-refractivity contribution is 7.79. The van der Waals surface area contributed by atoms with Crippen molar-refractivity contribution in [2.45, 2.75) is 90.6 Å². The van der Waals surface area contributed by atoms with Crippen LogP contribution in [-0.2, 0) is 68.1 Å². The molecule has 7 N–H and O–H groups in total. The van der Waals surface area contributed by atoms with Crippen molar-refractivity contribution in [2.75, 3.05) is 99.2 Å². The molecule has 5 aliphatic rings. The highest BCUT2D eigenvalue weighted by atomic mass is 32.3. The lowest BCUT2D eigenvalue weighted by atomic mass is 10.1. The smallest absolute Gasteiger partial charge is 0.410 e. The summed E-state index contributed by atoms with van der Waals surface area (Å²) in [6, 6.07) is 28.7. The molecule has 4 fully saturated rings. The fraction of sp³-hybridized carbons (Fsp3) is 0.558. The van der Waals surface area contributed by atoms with Gasteiger partial charge in [-0.25, -0.2) is 14.4 Å². The van der Waals surface area contributed by atoms with E-state index in [1.807, 2.05) is 103 Å². The Morgan fingerprint density at radius 3 is 1.43 bits per heavy atom. The van der Waals surface area contributed by atoms with Gasteiger partial charge in [0.2, 0.25) is 0 Å². The maximum atomic E-state index is 12.0. The normalized spacial score (nSPS) is 22.6. The Kier molecular flexibility index (Phi) is 36.1. The first-order valence-corrected chi connectivity index (χ1v) is 25.4. The zero-order valence-electron chi connectivity index (χ0n) is 41.6. The van der Waals surface area contributed by atoms with E-state index in [4.69, 9.17) is 70.7 Å². The molecule has 3 aromatic rings. The van der Waals surface area contributed by atoms with Gasteiger partial charge in [0.05, 0.1) is 71.5 Å². The Labute approximate surface area is 447 Å². The van der Waals surface area contributed by atoms with E-state index in [1.54, 1.807) is 9.80 Å². The van der Waals surface area contributed by atoms with Crippen molar-refractivity contribution in [1.82, 2.24) is 14.7 Å². The van der Waals surface area contributed by atoms with Crippen LogP contribution in [0.4, 0.5) is 14.4 Å². The maximum Gasteiger partial charge on any atom is 0.410 e. The fourth-order valence-electron chi connectivity index (χ4n) is 6.78. The summed E-state index contributed by atoms with van der Waals surface area (Å²) in [5, 5.41) is 44.5. The molecule has 6 atom stereocenters. The fourth-order valence-corrected chi connectivity index (χ4v) is 6.78. The first-order chi connectivity index (χ1) is 35.7. The van der Waals surface area contributed by atoms with Crippen LogP contribution in [0.5, 0.6) is 0 Å². The molecule has 5 aliphatic heterocycles. The van der Waals surface area contributed by atoms with Crippen LogP contribution in [0.2, 0.25) is 0 Å². The third-order valence-corrected chi connectivity index (χ3v) is 10.9. The number of carbonyl (C=O) groups excluding carboxylic acids is 3. The predicted molar refractivity (Wildman–Crippen MR) is 279 cm³/mol. The number of benzene rings is 3. The van der Waals surface area contributed by atoms with Gasteiger partial charge in [0.1, 0.15) is 44.2 Å². The minimum Gasteiger partial charge on any atom is -0.445 e. The van der Waals surface area contributed by atoms with Crippen LogP contribution < -0.4 is 0 Å². The predicted octanol–water partition coefficient (Wildman–Crippen LogP) is 4.15. The summed E-state index contributed by atoms with van der Waals surface area (Å²) in [5.74, 6) is 0. The minimum atomic E-state index is -4.67. The van der Waals surface area contributed by atoms with Gasteiger partial charge in [0, 0.05) is 39.9 Å². The zero-order chi connectivity index (χ0) is 54.0. The summed E-state index contributed by atoms with van der Waals surface area (Å²) >= 11 is 0. The van der Waals surface area contributed by atoms with E-state index in [0.717, 1.165) is 36.6 Å². The Hall–Kier alpha value is -5.32. The number of nitrogens with zero attached hydrogens (tertiary/aromatic N) is 3. The average Bonchev–Trinajstić information content (AvgIpc) is 4.12. The summed E-state index contributed by atoms with van der Waals surface area (Å²) in [4.78, 5) is 40.4. The van der Waals surface area contributed by atoms with E-state index in [2.05, 4.69) is 0 Å². The average molecular weight is 1100 g/mol. The van der Waals surface area contributed by atoms with Crippen molar-refractivity contribution >= 4 is 28.7 Å². The number of β-amino-alcohol motifs (C(OH)–C–C–N with tert-alkyl or cyclic N) is 1. The second-order valence-electron chi connectivity index (χ2n) is 16.7. The number of aliphatic hydroxyl groups excluding tert-OH is 5. The molecule has 0 saturated carbocycles. The molecule has 4 saturated heterocycles. The largest absolute Gasteiger partial charge is 0.445 e. The first-order valence-electron chi connectivity index (χ1n) is 24.0. The van der Waals surface area contributed by atoms with Gasteiger partial charge in [-0.05, 0) is 36.0 Å². The molecule has 0 aliphatic carbocycles. The van der Waals surface area contributed by atoms with Crippen molar-refractivity contribution in [3.63, 3.8) is 0 Å². The molecule has 0 bridgehead atoms. The van der Waals surface area contributed by atoms with Gasteiger partial charge in [0.25, 0.3) is 0 Å². The standard InChI is InChI=1S/C14H19NO5.C14H17NO4.C14H17NO3.C7H14O3.CH4O.2CH4.H2O4S/c16-12-8-15(6-7-19-10-13(12)17)14(18)20-9-11-4-2-1-3-5-11;16-14(18-9-11-4-2-1-3-5-11)15-6-7-17-10-13-12(8-15)19-13;16-14(15-8-4-5-10-17-11-9-15)18-12-13-6-2-1-3-7-13;8-6-3-1-2-4-10-5-7(6)9;1-2;;;1-5(2,3)4/h1-5,12-13,16-17H,6-10H2;1-5,12-13H,6-10H2;1-7H,8-12H2;6-9H,1-5H2;2H,1H3;2*1H4;(H2,1,2,3,4)/b;;5-4-;;;;;/t12-,13-;;;6-,7-;;;;/m1..1..../s1. The van der Waals surface area contributed by atoms with Crippen LogP contribution in [0.15, 0.2) is 103 Å². The van der Waals surface area contributed by atoms with Crippen molar-refractivity contribution in [3.05, 3.63) is 120 Å². The summed E-state index contributed by atoms with van der Waals surface area (Å²) < 4.78 is 73.6. The van der Waals surface area contributed by atoms with Crippen LogP contribution in [-0.4, -0.2) is 212 Å². The molecule has 0 radical (unpaired) electrons. The van der Waals surface area contributed by atoms with Crippen molar-refractivity contribution in [2.24, 2.45) is 0 Å². The molecule has 3 amide bonds. The lowest BCUT2D eigenvalue weighted by Gasteiger charge is -2.29. The quantitative estimate of drug-likeness (QED) is 0.0789. The monoisotopic (exact) mass is 1100 g/mol. The number of rotatable bonds is 6. The van der Waals surface area contributed by atoms with E-state index in [-0.39, 0.29) is 65.6 Å². The van der Waals surface area contributed by atoms with Crippen molar-refractivity contribution in [1.29, 1.82) is 0 Å². The van der Waals surface area contributed by atoms with Crippen LogP contribution in [0.1, 0.15) is 50.8 Å². The molecule has 76 heavy (non-hydrogen) atoms. The molecule has 2 unspecified atom stereocenters. The molecule has 0 aromatic heterocycles. The summed E-state index contributed by atoms with van der Waals surface area (Å²) in [5.41, 5.74) is 2.87. The molecule has 8 rings (SSSR count). The third kappa shape index (κ3) is 31.0. The van der Waals surface area contributed by atoms with Gasteiger partial charge in [-0.1, -0.05) is 118 Å². The number of fused-ring (bicyclic) bond motifs is 1. The second kappa shape index (κ2) is 40.0. The van der Waals surface area contributed by atoms with E-state index in [0.29, 0.717) is 92.0 Å². The summed E-state index contributed by atoms with van der Waals surface area (Å²) in [6.07, 6.45) is 2.34. The lowest BCUT2D eigenvalue weighted by molar-refractivity contribution is -0.0686. The lowest BCUT2D eigenvalue weighted by Crippen LogP contribution is -2.47. The third-order valence-electron chi connectivity index (χ3n) is 10.9. The van der Waals surface area contributed by atoms with Gasteiger partial charge in [-0.15, -0.1) is 0 Å². The van der Waals surface area contributed by atoms with E-state index in [9.17, 15) is 24.6 Å². The summed E-state index contributed by atoms with van der Waals surface area (Å²) in [6.45, 7) is 7.17. The first kappa shape index (κ1) is 68.7. The number of hydrogen-bond donors (Lipinski definition) is 7. The number of epoxide rings is 1. The van der Waals surface area contributed by atoms with Gasteiger partial charge in [-0.2, -0.15) is 8.42 Å². The van der Waals surface area contributed by atoms with Crippen LogP contribution in [0.3, 0.4) is 0 Å². The highest BCUT2D eigenvalue weighted by Gasteiger charge is 2.42. The zero-order valence-corrected chi connectivity index (χ0v) is 42.4. The van der Waals surface area contributed by atoms with Gasteiger partial charge < -0.3 is 78.1 Å². The Morgan fingerprint density at radius 2 is 0.934 bits per heavy atom. The topological polar surface area (TPSA) is 314 Å². The Morgan fingerprint density at radius 1 is 0.526 bits per heavy atom. The highest BCUT2D eigenvalue weighted by Crippen LogP contribution is 2.25. The van der Waals surface area contributed by atoms with Crippen molar-refractivity contribution < 1.29 is 95.3 Å².